The minimum Gasteiger partial charge on any atom is -0.493 e. The summed E-state index contributed by atoms with van der Waals surface area (Å²) in [5, 5.41) is 12.6. The van der Waals surface area contributed by atoms with Crippen molar-refractivity contribution in [1.82, 2.24) is 5.32 Å². The second kappa shape index (κ2) is 8.41. The summed E-state index contributed by atoms with van der Waals surface area (Å²) in [6.07, 6.45) is 0.258. The van der Waals surface area contributed by atoms with Gasteiger partial charge in [-0.2, -0.15) is 0 Å². The second-order valence-electron chi connectivity index (χ2n) is 4.76. The van der Waals surface area contributed by atoms with Crippen LogP contribution in [0.15, 0.2) is 48.5 Å². The Balaban J connectivity index is 1.74. The minimum absolute atomic E-state index is 0.0378. The van der Waals surface area contributed by atoms with Crippen LogP contribution in [0.25, 0.3) is 0 Å². The Morgan fingerprint density at radius 1 is 1.14 bits per heavy atom. The predicted octanol–water partition coefficient (Wildman–Crippen LogP) is 2.92. The topological polar surface area (TPSA) is 58.6 Å². The van der Waals surface area contributed by atoms with Gasteiger partial charge in [-0.25, -0.2) is 0 Å². The van der Waals surface area contributed by atoms with Crippen molar-refractivity contribution in [2.75, 3.05) is 6.61 Å². The Morgan fingerprint density at radius 2 is 1.91 bits per heavy atom. The lowest BCUT2D eigenvalue weighted by atomic mass is 10.1. The van der Waals surface area contributed by atoms with E-state index in [0.29, 0.717) is 17.3 Å². The number of halogens is 1. The van der Waals surface area contributed by atoms with Crippen molar-refractivity contribution < 1.29 is 14.6 Å². The molecule has 22 heavy (non-hydrogen) atoms. The van der Waals surface area contributed by atoms with Crippen LogP contribution in [-0.4, -0.2) is 17.6 Å². The molecule has 0 saturated carbocycles. The first-order valence-corrected chi connectivity index (χ1v) is 7.39. The number of ether oxygens (including phenoxy) is 1. The third kappa shape index (κ3) is 5.06. The van der Waals surface area contributed by atoms with Crippen molar-refractivity contribution in [3.05, 3.63) is 64.7 Å². The molecule has 0 aliphatic heterocycles. The van der Waals surface area contributed by atoms with Gasteiger partial charge in [-0.05, 0) is 29.3 Å². The molecule has 0 atom stereocenters. The number of carbonyl (C=O) groups excluding carboxylic acids is 1. The van der Waals surface area contributed by atoms with Crippen LogP contribution >= 0.6 is 11.6 Å². The fraction of sp³-hybridized carbons (Fsp3) is 0.235. The van der Waals surface area contributed by atoms with Gasteiger partial charge in [0.25, 0.3) is 0 Å². The Labute approximate surface area is 134 Å². The molecule has 0 radical (unpaired) electrons. The number of carbonyl (C=O) groups is 1. The van der Waals surface area contributed by atoms with Crippen LogP contribution in [0.4, 0.5) is 0 Å². The number of rotatable bonds is 7. The van der Waals surface area contributed by atoms with Gasteiger partial charge in [0.1, 0.15) is 5.75 Å². The summed E-state index contributed by atoms with van der Waals surface area (Å²) in [6.45, 7) is 0.643. The Morgan fingerprint density at radius 3 is 2.64 bits per heavy atom. The van der Waals surface area contributed by atoms with E-state index in [0.717, 1.165) is 11.1 Å². The molecule has 0 unspecified atom stereocenters. The first-order valence-electron chi connectivity index (χ1n) is 7.02. The number of hydrogen-bond acceptors (Lipinski definition) is 3. The normalized spacial score (nSPS) is 10.3. The quantitative estimate of drug-likeness (QED) is 0.825. The molecular weight excluding hydrogens is 302 g/mol. The summed E-state index contributed by atoms with van der Waals surface area (Å²) >= 11 is 5.85. The number of hydrogen-bond donors (Lipinski definition) is 2. The Hall–Kier alpha value is -2.04. The SMILES string of the molecule is O=C(CCOc1cccc(Cl)c1)NCc1ccccc1CO. The summed E-state index contributed by atoms with van der Waals surface area (Å²) < 4.78 is 5.47. The van der Waals surface area contributed by atoms with E-state index in [4.69, 9.17) is 16.3 Å². The highest BCUT2D eigenvalue weighted by atomic mass is 35.5. The molecule has 0 saturated heterocycles. The summed E-state index contributed by atoms with van der Waals surface area (Å²) in [4.78, 5) is 11.8. The summed E-state index contributed by atoms with van der Waals surface area (Å²) in [6, 6.07) is 14.5. The van der Waals surface area contributed by atoms with Crippen LogP contribution in [0, 0.1) is 0 Å². The van der Waals surface area contributed by atoms with E-state index in [1.54, 1.807) is 24.3 Å². The maximum atomic E-state index is 11.8. The zero-order valence-electron chi connectivity index (χ0n) is 12.1. The van der Waals surface area contributed by atoms with Gasteiger partial charge in [0.05, 0.1) is 19.6 Å². The molecule has 116 valence electrons. The smallest absolute Gasteiger partial charge is 0.223 e. The van der Waals surface area contributed by atoms with Crippen LogP contribution in [0.2, 0.25) is 5.02 Å². The summed E-state index contributed by atoms with van der Waals surface area (Å²) in [5.41, 5.74) is 1.73. The molecule has 0 fully saturated rings. The van der Waals surface area contributed by atoms with Gasteiger partial charge >= 0.3 is 0 Å². The predicted molar refractivity (Wildman–Crippen MR) is 85.8 cm³/mol. The fourth-order valence-electron chi connectivity index (χ4n) is 1.98. The van der Waals surface area contributed by atoms with Crippen LogP contribution in [0.3, 0.4) is 0 Å². The van der Waals surface area contributed by atoms with Gasteiger partial charge in [0, 0.05) is 11.6 Å². The van der Waals surface area contributed by atoms with E-state index in [-0.39, 0.29) is 25.5 Å². The lowest BCUT2D eigenvalue weighted by molar-refractivity contribution is -0.121. The van der Waals surface area contributed by atoms with Crippen molar-refractivity contribution >= 4 is 17.5 Å². The fourth-order valence-corrected chi connectivity index (χ4v) is 2.17. The monoisotopic (exact) mass is 319 g/mol. The van der Waals surface area contributed by atoms with E-state index < -0.39 is 0 Å². The zero-order chi connectivity index (χ0) is 15.8. The Kier molecular flexibility index (Phi) is 6.25. The molecule has 1 amide bonds. The zero-order valence-corrected chi connectivity index (χ0v) is 12.8. The number of aliphatic hydroxyl groups excluding tert-OH is 1. The summed E-state index contributed by atoms with van der Waals surface area (Å²) in [7, 11) is 0. The van der Waals surface area contributed by atoms with Gasteiger partial charge in [-0.1, -0.05) is 41.9 Å². The third-order valence-corrected chi connectivity index (χ3v) is 3.39. The first-order chi connectivity index (χ1) is 10.7. The number of amides is 1. The van der Waals surface area contributed by atoms with E-state index in [2.05, 4.69) is 5.32 Å². The second-order valence-corrected chi connectivity index (χ2v) is 5.20. The van der Waals surface area contributed by atoms with Crippen LogP contribution in [0.1, 0.15) is 17.5 Å². The number of nitrogens with one attached hydrogen (secondary N) is 1. The average molecular weight is 320 g/mol. The van der Waals surface area contributed by atoms with Crippen molar-refractivity contribution in [2.45, 2.75) is 19.6 Å². The molecule has 2 rings (SSSR count). The molecule has 0 aliphatic rings. The average Bonchev–Trinajstić information content (AvgIpc) is 2.53. The van der Waals surface area contributed by atoms with Crippen LogP contribution in [0.5, 0.6) is 5.75 Å². The van der Waals surface area contributed by atoms with Crippen molar-refractivity contribution in [2.24, 2.45) is 0 Å². The van der Waals surface area contributed by atoms with E-state index in [1.807, 2.05) is 24.3 Å². The maximum absolute atomic E-state index is 11.8. The van der Waals surface area contributed by atoms with Crippen LogP contribution in [-0.2, 0) is 17.9 Å². The van der Waals surface area contributed by atoms with Crippen molar-refractivity contribution in [3.63, 3.8) is 0 Å². The number of benzene rings is 2. The highest BCUT2D eigenvalue weighted by Crippen LogP contribution is 2.17. The van der Waals surface area contributed by atoms with Gasteiger partial charge in [0.2, 0.25) is 5.91 Å². The lowest BCUT2D eigenvalue weighted by Crippen LogP contribution is -2.25. The Bertz CT molecular complexity index is 631. The highest BCUT2D eigenvalue weighted by Gasteiger charge is 2.05. The molecule has 2 aromatic rings. The van der Waals surface area contributed by atoms with Gasteiger partial charge < -0.3 is 15.2 Å². The minimum atomic E-state index is -0.102. The van der Waals surface area contributed by atoms with E-state index in [9.17, 15) is 9.90 Å². The lowest BCUT2D eigenvalue weighted by Gasteiger charge is -2.10. The maximum Gasteiger partial charge on any atom is 0.223 e. The van der Waals surface area contributed by atoms with Gasteiger partial charge in [-0.3, -0.25) is 4.79 Å². The molecule has 0 bridgehead atoms. The highest BCUT2D eigenvalue weighted by molar-refractivity contribution is 6.30. The van der Waals surface area contributed by atoms with Crippen molar-refractivity contribution in [1.29, 1.82) is 0 Å². The molecule has 0 heterocycles. The standard InChI is InChI=1S/C17H18ClNO3/c18-15-6-3-7-16(10-15)22-9-8-17(21)19-11-13-4-1-2-5-14(13)12-20/h1-7,10,20H,8-9,11-12H2,(H,19,21). The van der Waals surface area contributed by atoms with Crippen molar-refractivity contribution in [3.8, 4) is 5.75 Å². The van der Waals surface area contributed by atoms with E-state index in [1.165, 1.54) is 0 Å². The third-order valence-electron chi connectivity index (χ3n) is 3.16. The van der Waals surface area contributed by atoms with E-state index >= 15 is 0 Å². The largest absolute Gasteiger partial charge is 0.493 e. The molecule has 2 N–H and O–H groups in total. The molecule has 5 heteroatoms. The molecular formula is C17H18ClNO3. The molecule has 0 aliphatic carbocycles. The molecule has 0 aromatic heterocycles. The molecule has 4 nitrogen and oxygen atoms in total. The first kappa shape index (κ1) is 16.3. The van der Waals surface area contributed by atoms with Gasteiger partial charge in [-0.15, -0.1) is 0 Å². The molecule has 0 spiro atoms. The van der Waals surface area contributed by atoms with Crippen LogP contribution < -0.4 is 10.1 Å². The summed E-state index contributed by atoms with van der Waals surface area (Å²) in [5.74, 6) is 0.542. The van der Waals surface area contributed by atoms with Gasteiger partial charge in [0.15, 0.2) is 0 Å². The number of aliphatic hydroxyl groups is 1. The molecule has 2 aromatic carbocycles.